The van der Waals surface area contributed by atoms with Crippen molar-refractivity contribution in [2.75, 3.05) is 6.54 Å². The summed E-state index contributed by atoms with van der Waals surface area (Å²) >= 11 is 5.83. The van der Waals surface area contributed by atoms with E-state index in [1.165, 1.54) is 11.1 Å². The molecule has 1 rings (SSSR count). The Hall–Kier alpha value is -0.530. The quantitative estimate of drug-likeness (QED) is 0.750. The fourth-order valence-electron chi connectivity index (χ4n) is 1.32. The average Bonchev–Trinajstić information content (AvgIpc) is 2.03. The van der Waals surface area contributed by atoms with Crippen LogP contribution >= 0.6 is 11.6 Å². The van der Waals surface area contributed by atoms with E-state index in [9.17, 15) is 0 Å². The summed E-state index contributed by atoms with van der Waals surface area (Å²) in [7, 11) is 0. The molecule has 1 aromatic carbocycles. The summed E-state index contributed by atoms with van der Waals surface area (Å²) in [5, 5.41) is 0.792. The lowest BCUT2D eigenvalue weighted by molar-refractivity contribution is 0.768. The van der Waals surface area contributed by atoms with Crippen LogP contribution in [0.1, 0.15) is 24.0 Å². The van der Waals surface area contributed by atoms with Gasteiger partial charge in [-0.25, -0.2) is 0 Å². The van der Waals surface area contributed by atoms with Crippen LogP contribution in [0.3, 0.4) is 0 Å². The molecule has 0 aromatic heterocycles. The van der Waals surface area contributed by atoms with E-state index in [1.807, 2.05) is 12.1 Å². The van der Waals surface area contributed by atoms with Crippen LogP contribution in [-0.2, 0) is 0 Å². The van der Waals surface area contributed by atoms with Crippen LogP contribution in [0.2, 0.25) is 5.02 Å². The molecule has 0 spiro atoms. The van der Waals surface area contributed by atoms with E-state index in [2.05, 4.69) is 19.9 Å². The van der Waals surface area contributed by atoms with Gasteiger partial charge in [0.05, 0.1) is 0 Å². The van der Waals surface area contributed by atoms with Gasteiger partial charge in [0.2, 0.25) is 0 Å². The fraction of sp³-hybridized carbons (Fsp3) is 0.400. The molecule has 0 amide bonds. The zero-order valence-electron chi connectivity index (χ0n) is 7.47. The van der Waals surface area contributed by atoms with Gasteiger partial charge < -0.3 is 5.73 Å². The summed E-state index contributed by atoms with van der Waals surface area (Å²) in [6.07, 6.45) is 0. The normalized spacial score (nSPS) is 13.0. The maximum absolute atomic E-state index is 5.83. The third kappa shape index (κ3) is 1.99. The van der Waals surface area contributed by atoms with Crippen molar-refractivity contribution in [2.24, 2.45) is 5.73 Å². The van der Waals surface area contributed by atoms with Crippen LogP contribution in [0, 0.1) is 6.92 Å². The topological polar surface area (TPSA) is 26.0 Å². The second kappa shape index (κ2) is 3.92. The van der Waals surface area contributed by atoms with Crippen molar-refractivity contribution in [3.05, 3.63) is 34.3 Å². The highest BCUT2D eigenvalue weighted by Crippen LogP contribution is 2.21. The molecule has 0 heterocycles. The van der Waals surface area contributed by atoms with E-state index >= 15 is 0 Å². The molecule has 1 nitrogen and oxygen atoms in total. The first-order chi connectivity index (χ1) is 5.65. The molecular formula is C10H14ClN. The number of nitrogens with two attached hydrogens (primary N) is 1. The minimum atomic E-state index is 0.419. The van der Waals surface area contributed by atoms with E-state index in [4.69, 9.17) is 17.3 Å². The predicted molar refractivity (Wildman–Crippen MR) is 53.7 cm³/mol. The van der Waals surface area contributed by atoms with Crippen LogP contribution in [0.25, 0.3) is 0 Å². The molecule has 0 bridgehead atoms. The standard InChI is InChI=1S/C10H14ClN/c1-7-5-9(11)3-4-10(7)8(2)6-12/h3-5,8H,6,12H2,1-2H3. The monoisotopic (exact) mass is 183 g/mol. The summed E-state index contributed by atoms with van der Waals surface area (Å²) in [5.41, 5.74) is 8.09. The summed E-state index contributed by atoms with van der Waals surface area (Å²) in [6.45, 7) is 4.87. The Balaban J connectivity index is 3.01. The Labute approximate surface area is 78.5 Å². The van der Waals surface area contributed by atoms with Gasteiger partial charge in [0.15, 0.2) is 0 Å². The molecule has 2 heteroatoms. The van der Waals surface area contributed by atoms with E-state index < -0.39 is 0 Å². The molecule has 12 heavy (non-hydrogen) atoms. The number of hydrogen-bond acceptors (Lipinski definition) is 1. The van der Waals surface area contributed by atoms with Crippen molar-refractivity contribution in [1.29, 1.82) is 0 Å². The lowest BCUT2D eigenvalue weighted by atomic mass is 9.97. The summed E-state index contributed by atoms with van der Waals surface area (Å²) in [6, 6.07) is 5.94. The molecule has 1 aromatic rings. The van der Waals surface area contributed by atoms with Gasteiger partial charge in [0.25, 0.3) is 0 Å². The Morgan fingerprint density at radius 1 is 1.50 bits per heavy atom. The summed E-state index contributed by atoms with van der Waals surface area (Å²) in [5.74, 6) is 0.419. The molecule has 0 aliphatic carbocycles. The third-order valence-corrected chi connectivity index (χ3v) is 2.35. The van der Waals surface area contributed by atoms with E-state index in [-0.39, 0.29) is 0 Å². The number of hydrogen-bond donors (Lipinski definition) is 1. The zero-order valence-corrected chi connectivity index (χ0v) is 8.23. The third-order valence-electron chi connectivity index (χ3n) is 2.12. The number of rotatable bonds is 2. The van der Waals surface area contributed by atoms with Gasteiger partial charge in [-0.3, -0.25) is 0 Å². The van der Waals surface area contributed by atoms with Gasteiger partial charge in [-0.05, 0) is 42.6 Å². The fourth-order valence-corrected chi connectivity index (χ4v) is 1.55. The molecule has 2 N–H and O–H groups in total. The Bertz CT molecular complexity index is 271. The van der Waals surface area contributed by atoms with Crippen LogP contribution in [0.5, 0.6) is 0 Å². The van der Waals surface area contributed by atoms with Crippen LogP contribution in [-0.4, -0.2) is 6.54 Å². The molecule has 0 fully saturated rings. The predicted octanol–water partition coefficient (Wildman–Crippen LogP) is 2.71. The Kier molecular flexibility index (Phi) is 3.12. The molecule has 0 saturated heterocycles. The Morgan fingerprint density at radius 2 is 2.17 bits per heavy atom. The summed E-state index contributed by atoms with van der Waals surface area (Å²) < 4.78 is 0. The number of benzene rings is 1. The second-order valence-electron chi connectivity index (χ2n) is 3.14. The number of halogens is 1. The lowest BCUT2D eigenvalue weighted by Crippen LogP contribution is -2.09. The first-order valence-corrected chi connectivity index (χ1v) is 4.49. The van der Waals surface area contributed by atoms with Crippen molar-refractivity contribution in [2.45, 2.75) is 19.8 Å². The van der Waals surface area contributed by atoms with Gasteiger partial charge >= 0.3 is 0 Å². The van der Waals surface area contributed by atoms with Gasteiger partial charge in [-0.1, -0.05) is 24.6 Å². The van der Waals surface area contributed by atoms with E-state index in [0.29, 0.717) is 12.5 Å². The molecular weight excluding hydrogens is 170 g/mol. The molecule has 1 atom stereocenters. The van der Waals surface area contributed by atoms with Crippen molar-refractivity contribution < 1.29 is 0 Å². The van der Waals surface area contributed by atoms with Crippen molar-refractivity contribution >= 4 is 11.6 Å². The molecule has 1 unspecified atom stereocenters. The zero-order chi connectivity index (χ0) is 9.14. The highest BCUT2D eigenvalue weighted by atomic mass is 35.5. The Morgan fingerprint density at radius 3 is 2.67 bits per heavy atom. The number of aryl methyl sites for hydroxylation is 1. The van der Waals surface area contributed by atoms with Gasteiger partial charge in [-0.15, -0.1) is 0 Å². The van der Waals surface area contributed by atoms with Crippen LogP contribution in [0.15, 0.2) is 18.2 Å². The lowest BCUT2D eigenvalue weighted by Gasteiger charge is -2.11. The minimum Gasteiger partial charge on any atom is -0.330 e. The minimum absolute atomic E-state index is 0.419. The average molecular weight is 184 g/mol. The highest BCUT2D eigenvalue weighted by Gasteiger charge is 2.05. The smallest absolute Gasteiger partial charge is 0.0408 e. The van der Waals surface area contributed by atoms with Crippen LogP contribution in [0.4, 0.5) is 0 Å². The molecule has 0 aliphatic rings. The van der Waals surface area contributed by atoms with Gasteiger partial charge in [0, 0.05) is 5.02 Å². The molecule has 0 saturated carbocycles. The van der Waals surface area contributed by atoms with E-state index in [1.54, 1.807) is 0 Å². The van der Waals surface area contributed by atoms with Crippen molar-refractivity contribution in [3.63, 3.8) is 0 Å². The van der Waals surface area contributed by atoms with E-state index in [0.717, 1.165) is 5.02 Å². The molecule has 0 aliphatic heterocycles. The van der Waals surface area contributed by atoms with Crippen LogP contribution < -0.4 is 5.73 Å². The maximum atomic E-state index is 5.83. The molecule has 66 valence electrons. The maximum Gasteiger partial charge on any atom is 0.0408 e. The second-order valence-corrected chi connectivity index (χ2v) is 3.57. The first-order valence-electron chi connectivity index (χ1n) is 4.11. The SMILES string of the molecule is Cc1cc(Cl)ccc1C(C)CN. The van der Waals surface area contributed by atoms with Gasteiger partial charge in [0.1, 0.15) is 0 Å². The highest BCUT2D eigenvalue weighted by molar-refractivity contribution is 6.30. The first kappa shape index (κ1) is 9.56. The largest absolute Gasteiger partial charge is 0.330 e. The van der Waals surface area contributed by atoms with Crippen molar-refractivity contribution in [1.82, 2.24) is 0 Å². The van der Waals surface area contributed by atoms with Gasteiger partial charge in [-0.2, -0.15) is 0 Å². The molecule has 0 radical (unpaired) electrons. The summed E-state index contributed by atoms with van der Waals surface area (Å²) in [4.78, 5) is 0. The van der Waals surface area contributed by atoms with Crippen molar-refractivity contribution in [3.8, 4) is 0 Å².